The minimum atomic E-state index is -0.283. The molecule has 0 amide bonds. The molecule has 1 atom stereocenters. The van der Waals surface area contributed by atoms with Gasteiger partial charge < -0.3 is 9.47 Å². The van der Waals surface area contributed by atoms with Gasteiger partial charge in [0.15, 0.2) is 5.79 Å². The van der Waals surface area contributed by atoms with Crippen LogP contribution in [0.3, 0.4) is 0 Å². The highest BCUT2D eigenvalue weighted by Gasteiger charge is 2.41. The summed E-state index contributed by atoms with van der Waals surface area (Å²) in [5.41, 5.74) is 1.52. The van der Waals surface area contributed by atoms with Gasteiger partial charge in [-0.05, 0) is 31.0 Å². The maximum atomic E-state index is 5.87. The Morgan fingerprint density at radius 2 is 2.10 bits per heavy atom. The number of fused-ring (bicyclic) bond motifs is 1. The number of hydrogen-bond acceptors (Lipinski definition) is 4. The average molecular weight is 291 g/mol. The fraction of sp³-hybridized carbons (Fsp3) is 0.625. The zero-order valence-electron chi connectivity index (χ0n) is 11.7. The van der Waals surface area contributed by atoms with E-state index in [4.69, 9.17) is 9.47 Å². The van der Waals surface area contributed by atoms with E-state index in [-0.39, 0.29) is 5.79 Å². The highest BCUT2D eigenvalue weighted by molar-refractivity contribution is 8.00. The van der Waals surface area contributed by atoms with Crippen LogP contribution in [0.1, 0.15) is 18.4 Å². The fourth-order valence-corrected chi connectivity index (χ4v) is 4.97. The third-order valence-corrected chi connectivity index (χ3v) is 5.79. The van der Waals surface area contributed by atoms with Crippen LogP contribution < -0.4 is 0 Å². The fourth-order valence-electron chi connectivity index (χ4n) is 3.60. The van der Waals surface area contributed by atoms with Gasteiger partial charge in [-0.1, -0.05) is 18.2 Å². The molecule has 1 aromatic carbocycles. The first-order valence-corrected chi connectivity index (χ1v) is 8.46. The Morgan fingerprint density at radius 1 is 1.25 bits per heavy atom. The highest BCUT2D eigenvalue weighted by Crippen LogP contribution is 2.38. The molecule has 0 radical (unpaired) electrons. The van der Waals surface area contributed by atoms with E-state index in [1.165, 1.54) is 29.8 Å². The molecule has 0 aliphatic carbocycles. The van der Waals surface area contributed by atoms with Crippen LogP contribution in [0.5, 0.6) is 0 Å². The maximum Gasteiger partial charge on any atom is 0.181 e. The first-order valence-electron chi connectivity index (χ1n) is 7.58. The molecule has 2 fully saturated rings. The van der Waals surface area contributed by atoms with Gasteiger partial charge in [0.25, 0.3) is 0 Å². The lowest BCUT2D eigenvalue weighted by Gasteiger charge is -2.39. The summed E-state index contributed by atoms with van der Waals surface area (Å²) in [6.45, 7) is 4.80. The average Bonchev–Trinajstić information content (AvgIpc) is 3.05. The van der Waals surface area contributed by atoms with E-state index in [0.717, 1.165) is 32.7 Å². The molecular weight excluding hydrogens is 270 g/mol. The minimum Gasteiger partial charge on any atom is -0.346 e. The summed E-state index contributed by atoms with van der Waals surface area (Å²) in [4.78, 5) is 4.01. The largest absolute Gasteiger partial charge is 0.346 e. The first-order chi connectivity index (χ1) is 9.83. The Bertz CT molecular complexity index is 462. The molecule has 2 saturated heterocycles. The Morgan fingerprint density at radius 3 is 2.95 bits per heavy atom. The number of hydrogen-bond donors (Lipinski definition) is 0. The van der Waals surface area contributed by atoms with Gasteiger partial charge in [-0.2, -0.15) is 0 Å². The van der Waals surface area contributed by atoms with Crippen molar-refractivity contribution in [2.75, 3.05) is 32.8 Å². The molecule has 1 unspecified atom stereocenters. The van der Waals surface area contributed by atoms with Gasteiger partial charge in [0.05, 0.1) is 19.8 Å². The van der Waals surface area contributed by atoms with E-state index in [1.54, 1.807) is 0 Å². The highest BCUT2D eigenvalue weighted by atomic mass is 32.2. The molecule has 3 nitrogen and oxygen atoms in total. The zero-order valence-corrected chi connectivity index (χ0v) is 12.5. The molecule has 0 aromatic heterocycles. The normalized spacial score (nSPS) is 28.9. The second kappa shape index (κ2) is 5.34. The summed E-state index contributed by atoms with van der Waals surface area (Å²) in [6, 6.07) is 8.81. The number of benzene rings is 1. The van der Waals surface area contributed by atoms with Crippen molar-refractivity contribution >= 4 is 11.8 Å². The van der Waals surface area contributed by atoms with Crippen molar-refractivity contribution in [3.63, 3.8) is 0 Å². The van der Waals surface area contributed by atoms with Crippen molar-refractivity contribution in [2.45, 2.75) is 35.2 Å². The topological polar surface area (TPSA) is 21.7 Å². The third kappa shape index (κ3) is 2.50. The molecule has 1 spiro atoms. The molecule has 3 aliphatic rings. The Labute approximate surface area is 124 Å². The van der Waals surface area contributed by atoms with Crippen molar-refractivity contribution in [3.05, 3.63) is 29.8 Å². The van der Waals surface area contributed by atoms with E-state index < -0.39 is 0 Å². The molecule has 20 heavy (non-hydrogen) atoms. The number of thioether (sulfide) groups is 1. The second-order valence-corrected chi connectivity index (χ2v) is 7.34. The maximum absolute atomic E-state index is 5.87. The number of nitrogens with zero attached hydrogens (tertiary/aromatic N) is 1. The Hall–Kier alpha value is -0.550. The summed E-state index contributed by atoms with van der Waals surface area (Å²) in [7, 11) is 0. The lowest BCUT2D eigenvalue weighted by molar-refractivity contribution is -0.189. The molecule has 0 bridgehead atoms. The van der Waals surface area contributed by atoms with Gasteiger partial charge in [0.2, 0.25) is 0 Å². The van der Waals surface area contributed by atoms with Crippen molar-refractivity contribution in [1.29, 1.82) is 0 Å². The Balaban J connectivity index is 1.38. The molecule has 108 valence electrons. The molecule has 4 rings (SSSR count). The SMILES string of the molecule is c1ccc2c(c1)CC(CN1CCCC3(C1)OCCO3)S2. The van der Waals surface area contributed by atoms with E-state index in [1.807, 2.05) is 11.8 Å². The lowest BCUT2D eigenvalue weighted by Crippen LogP contribution is -2.50. The van der Waals surface area contributed by atoms with Gasteiger partial charge in [-0.25, -0.2) is 0 Å². The van der Waals surface area contributed by atoms with Crippen molar-refractivity contribution < 1.29 is 9.47 Å². The van der Waals surface area contributed by atoms with Gasteiger partial charge >= 0.3 is 0 Å². The molecule has 1 aromatic rings. The van der Waals surface area contributed by atoms with Crippen LogP contribution in [0.25, 0.3) is 0 Å². The van der Waals surface area contributed by atoms with Crippen molar-refractivity contribution in [2.24, 2.45) is 0 Å². The van der Waals surface area contributed by atoms with Gasteiger partial charge in [0, 0.05) is 23.1 Å². The monoisotopic (exact) mass is 291 g/mol. The zero-order chi connectivity index (χ0) is 13.4. The molecule has 0 saturated carbocycles. The first kappa shape index (κ1) is 13.1. The number of piperidine rings is 1. The summed E-state index contributed by atoms with van der Waals surface area (Å²) in [5, 5.41) is 0.684. The number of rotatable bonds is 2. The predicted octanol–water partition coefficient (Wildman–Crippen LogP) is 2.54. The predicted molar refractivity (Wildman–Crippen MR) is 80.1 cm³/mol. The van der Waals surface area contributed by atoms with Gasteiger partial charge in [-0.15, -0.1) is 11.8 Å². The van der Waals surface area contributed by atoms with E-state index in [2.05, 4.69) is 29.2 Å². The van der Waals surface area contributed by atoms with Crippen LogP contribution >= 0.6 is 11.8 Å². The molecule has 3 heterocycles. The third-order valence-electron chi connectivity index (χ3n) is 4.49. The van der Waals surface area contributed by atoms with E-state index in [0.29, 0.717) is 5.25 Å². The van der Waals surface area contributed by atoms with Gasteiger partial charge in [0.1, 0.15) is 0 Å². The summed E-state index contributed by atoms with van der Waals surface area (Å²) < 4.78 is 11.7. The van der Waals surface area contributed by atoms with E-state index in [9.17, 15) is 0 Å². The summed E-state index contributed by atoms with van der Waals surface area (Å²) in [6.07, 6.45) is 3.44. The van der Waals surface area contributed by atoms with Crippen LogP contribution in [0.2, 0.25) is 0 Å². The summed E-state index contributed by atoms with van der Waals surface area (Å²) >= 11 is 2.04. The second-order valence-electron chi connectivity index (χ2n) is 6.00. The van der Waals surface area contributed by atoms with E-state index >= 15 is 0 Å². The smallest absolute Gasteiger partial charge is 0.181 e. The summed E-state index contributed by atoms with van der Waals surface area (Å²) in [5.74, 6) is -0.283. The lowest BCUT2D eigenvalue weighted by atomic mass is 10.0. The van der Waals surface area contributed by atoms with Crippen LogP contribution in [0, 0.1) is 0 Å². The number of ether oxygens (including phenoxy) is 2. The molecular formula is C16H21NO2S. The molecule has 4 heteroatoms. The van der Waals surface area contributed by atoms with Crippen LogP contribution in [-0.4, -0.2) is 48.8 Å². The quantitative estimate of drug-likeness (QED) is 0.835. The van der Waals surface area contributed by atoms with Crippen LogP contribution in [-0.2, 0) is 15.9 Å². The Kier molecular flexibility index (Phi) is 3.50. The number of likely N-dealkylation sites (tertiary alicyclic amines) is 1. The van der Waals surface area contributed by atoms with Crippen LogP contribution in [0.15, 0.2) is 29.2 Å². The van der Waals surface area contributed by atoms with Gasteiger partial charge in [-0.3, -0.25) is 4.90 Å². The van der Waals surface area contributed by atoms with Crippen molar-refractivity contribution in [1.82, 2.24) is 4.90 Å². The standard InChI is InChI=1S/C16H21NO2S/c1-2-5-15-13(4-1)10-14(20-15)11-17-7-3-6-16(12-17)18-8-9-19-16/h1-2,4-5,14H,3,6-12H2. The molecule has 3 aliphatic heterocycles. The minimum absolute atomic E-state index is 0.283. The molecule has 0 N–H and O–H groups in total. The van der Waals surface area contributed by atoms with Crippen molar-refractivity contribution in [3.8, 4) is 0 Å². The van der Waals surface area contributed by atoms with Crippen LogP contribution in [0.4, 0.5) is 0 Å².